The van der Waals surface area contributed by atoms with Crippen LogP contribution >= 0.6 is 0 Å². The van der Waals surface area contributed by atoms with Crippen molar-refractivity contribution in [2.75, 3.05) is 6.61 Å². The van der Waals surface area contributed by atoms with E-state index < -0.39 is 0 Å². The Kier molecular flexibility index (Phi) is 3.16. The molecule has 1 saturated carbocycles. The highest BCUT2D eigenvalue weighted by atomic mass is 16.3. The molecule has 2 heteroatoms. The fraction of sp³-hybridized carbons (Fsp3) is 1.00. The van der Waals surface area contributed by atoms with Crippen molar-refractivity contribution in [3.8, 4) is 0 Å². The predicted octanol–water partition coefficient (Wildman–Crippen LogP) is 0.920. The van der Waals surface area contributed by atoms with Crippen LogP contribution < -0.4 is 0 Å². The highest BCUT2D eigenvalue weighted by Gasteiger charge is 2.21. The molecule has 10 heavy (non-hydrogen) atoms. The van der Waals surface area contributed by atoms with Crippen molar-refractivity contribution in [3.05, 3.63) is 0 Å². The van der Waals surface area contributed by atoms with Crippen LogP contribution in [0.15, 0.2) is 0 Å². The van der Waals surface area contributed by atoms with E-state index in [0.29, 0.717) is 5.92 Å². The van der Waals surface area contributed by atoms with Gasteiger partial charge in [-0.2, -0.15) is 0 Å². The number of hydrogen-bond donors (Lipinski definition) is 2. The lowest BCUT2D eigenvalue weighted by atomic mass is 9.85. The number of aliphatic hydroxyl groups is 2. The van der Waals surface area contributed by atoms with Gasteiger partial charge >= 0.3 is 0 Å². The first-order valence-electron chi connectivity index (χ1n) is 4.13. The Bertz CT molecular complexity index is 91.3. The quantitative estimate of drug-likeness (QED) is 0.605. The van der Waals surface area contributed by atoms with Crippen molar-refractivity contribution < 1.29 is 10.2 Å². The molecule has 0 aliphatic heterocycles. The third-order valence-corrected chi connectivity index (χ3v) is 2.37. The third kappa shape index (κ3) is 1.96. The summed E-state index contributed by atoms with van der Waals surface area (Å²) >= 11 is 0. The van der Waals surface area contributed by atoms with Crippen LogP contribution in [0.3, 0.4) is 0 Å². The number of hydrogen-bond acceptors (Lipinski definition) is 2. The summed E-state index contributed by atoms with van der Waals surface area (Å²) in [5.41, 5.74) is 0. The van der Waals surface area contributed by atoms with Gasteiger partial charge in [-0.1, -0.05) is 12.8 Å². The molecule has 0 saturated heterocycles. The molecule has 0 aromatic carbocycles. The molecule has 1 rings (SSSR count). The summed E-state index contributed by atoms with van der Waals surface area (Å²) in [5.74, 6) is 0.374. The largest absolute Gasteiger partial charge is 0.396 e. The zero-order valence-electron chi connectivity index (χ0n) is 6.29. The Morgan fingerprint density at radius 1 is 1.20 bits per heavy atom. The van der Waals surface area contributed by atoms with Gasteiger partial charge in [0.2, 0.25) is 0 Å². The number of rotatable bonds is 2. The van der Waals surface area contributed by atoms with E-state index in [0.717, 1.165) is 25.7 Å². The lowest BCUT2D eigenvalue weighted by Gasteiger charge is -2.26. The van der Waals surface area contributed by atoms with Crippen LogP contribution in [0.5, 0.6) is 0 Å². The summed E-state index contributed by atoms with van der Waals surface area (Å²) in [7, 11) is 0. The molecule has 2 N–H and O–H groups in total. The van der Waals surface area contributed by atoms with Gasteiger partial charge in [0.05, 0.1) is 6.10 Å². The topological polar surface area (TPSA) is 40.5 Å². The van der Waals surface area contributed by atoms with E-state index in [-0.39, 0.29) is 12.7 Å². The summed E-state index contributed by atoms with van der Waals surface area (Å²) in [6, 6.07) is 0. The Hall–Kier alpha value is -0.0800. The van der Waals surface area contributed by atoms with Crippen molar-refractivity contribution in [3.63, 3.8) is 0 Å². The molecule has 0 aromatic rings. The van der Waals surface area contributed by atoms with Gasteiger partial charge in [-0.25, -0.2) is 0 Å². The van der Waals surface area contributed by atoms with Gasteiger partial charge in [-0.15, -0.1) is 0 Å². The predicted molar refractivity (Wildman–Crippen MR) is 39.7 cm³/mol. The van der Waals surface area contributed by atoms with Gasteiger partial charge in [-0.3, -0.25) is 0 Å². The average Bonchev–Trinajstić information content (AvgIpc) is 1.94. The summed E-state index contributed by atoms with van der Waals surface area (Å²) in [6.07, 6.45) is 5.05. The molecular weight excluding hydrogens is 128 g/mol. The van der Waals surface area contributed by atoms with Crippen molar-refractivity contribution in [1.82, 2.24) is 0 Å². The van der Waals surface area contributed by atoms with Crippen LogP contribution in [-0.4, -0.2) is 22.9 Å². The van der Waals surface area contributed by atoms with Crippen molar-refractivity contribution >= 4 is 0 Å². The van der Waals surface area contributed by atoms with Gasteiger partial charge in [0.1, 0.15) is 0 Å². The third-order valence-electron chi connectivity index (χ3n) is 2.37. The van der Waals surface area contributed by atoms with Crippen molar-refractivity contribution in [1.29, 1.82) is 0 Å². The second-order valence-electron chi connectivity index (χ2n) is 3.12. The minimum absolute atomic E-state index is 0.138. The molecular formula is C8H16O2. The summed E-state index contributed by atoms with van der Waals surface area (Å²) in [6.45, 7) is 0.224. The van der Waals surface area contributed by atoms with Gasteiger partial charge in [-0.05, 0) is 25.2 Å². The molecule has 0 aromatic heterocycles. The van der Waals surface area contributed by atoms with Crippen molar-refractivity contribution in [2.24, 2.45) is 5.92 Å². The van der Waals surface area contributed by atoms with E-state index in [1.165, 1.54) is 6.42 Å². The molecule has 0 heterocycles. The lowest BCUT2D eigenvalue weighted by Crippen LogP contribution is -2.25. The van der Waals surface area contributed by atoms with Gasteiger partial charge in [0.15, 0.2) is 0 Å². The molecule has 1 fully saturated rings. The molecule has 1 aliphatic rings. The van der Waals surface area contributed by atoms with E-state index >= 15 is 0 Å². The van der Waals surface area contributed by atoms with E-state index in [2.05, 4.69) is 0 Å². The Morgan fingerprint density at radius 3 is 2.50 bits per heavy atom. The Labute approximate surface area is 61.9 Å². The maximum atomic E-state index is 9.39. The normalized spacial score (nSPS) is 34.2. The summed E-state index contributed by atoms with van der Waals surface area (Å²) in [4.78, 5) is 0. The molecule has 2 atom stereocenters. The van der Waals surface area contributed by atoms with E-state index in [1.807, 2.05) is 0 Å². The summed E-state index contributed by atoms with van der Waals surface area (Å²) < 4.78 is 0. The smallest absolute Gasteiger partial charge is 0.0569 e. The zero-order valence-corrected chi connectivity index (χ0v) is 6.29. The van der Waals surface area contributed by atoms with Crippen LogP contribution in [0.2, 0.25) is 0 Å². The van der Waals surface area contributed by atoms with E-state index in [1.54, 1.807) is 0 Å². The molecule has 0 unspecified atom stereocenters. The molecule has 0 spiro atoms. The average molecular weight is 144 g/mol. The zero-order chi connectivity index (χ0) is 7.40. The van der Waals surface area contributed by atoms with Gasteiger partial charge in [0, 0.05) is 6.61 Å². The first-order valence-corrected chi connectivity index (χ1v) is 4.13. The maximum absolute atomic E-state index is 9.39. The first-order chi connectivity index (χ1) is 4.84. The summed E-state index contributed by atoms with van der Waals surface area (Å²) in [5, 5.41) is 18.0. The minimum Gasteiger partial charge on any atom is -0.396 e. The standard InChI is InChI=1S/C8H16O2/c9-6-5-7-3-1-2-4-8(7)10/h7-10H,1-6H2/t7-,8-/m0/s1. The molecule has 0 amide bonds. The van der Waals surface area contributed by atoms with E-state index in [4.69, 9.17) is 5.11 Å². The van der Waals surface area contributed by atoms with Gasteiger partial charge < -0.3 is 10.2 Å². The van der Waals surface area contributed by atoms with Gasteiger partial charge in [0.25, 0.3) is 0 Å². The SMILES string of the molecule is OCC[C@@H]1CCCC[C@@H]1O. The monoisotopic (exact) mass is 144 g/mol. The Balaban J connectivity index is 2.25. The second kappa shape index (κ2) is 3.94. The molecule has 0 radical (unpaired) electrons. The Morgan fingerprint density at radius 2 is 1.90 bits per heavy atom. The first kappa shape index (κ1) is 8.02. The van der Waals surface area contributed by atoms with Crippen molar-refractivity contribution in [2.45, 2.75) is 38.2 Å². The molecule has 2 nitrogen and oxygen atoms in total. The molecule has 60 valence electrons. The highest BCUT2D eigenvalue weighted by molar-refractivity contribution is 4.73. The fourth-order valence-electron chi connectivity index (χ4n) is 1.69. The highest BCUT2D eigenvalue weighted by Crippen LogP contribution is 2.26. The fourth-order valence-corrected chi connectivity index (χ4v) is 1.69. The second-order valence-corrected chi connectivity index (χ2v) is 3.12. The molecule has 0 bridgehead atoms. The minimum atomic E-state index is -0.138. The van der Waals surface area contributed by atoms with Crippen LogP contribution in [0.25, 0.3) is 0 Å². The van der Waals surface area contributed by atoms with Crippen LogP contribution in [0.4, 0.5) is 0 Å². The van der Waals surface area contributed by atoms with E-state index in [9.17, 15) is 5.11 Å². The maximum Gasteiger partial charge on any atom is 0.0569 e. The number of aliphatic hydroxyl groups excluding tert-OH is 2. The van der Waals surface area contributed by atoms with Crippen LogP contribution in [0, 0.1) is 5.92 Å². The lowest BCUT2D eigenvalue weighted by molar-refractivity contribution is 0.0551. The van der Waals surface area contributed by atoms with Crippen LogP contribution in [0.1, 0.15) is 32.1 Å². The van der Waals surface area contributed by atoms with Crippen LogP contribution in [-0.2, 0) is 0 Å². The molecule has 1 aliphatic carbocycles.